The van der Waals surface area contributed by atoms with E-state index in [0.717, 1.165) is 22.8 Å². The maximum Gasteiger partial charge on any atom is 0.139 e. The second-order valence-corrected chi connectivity index (χ2v) is 5.39. The van der Waals surface area contributed by atoms with Crippen LogP contribution in [0, 0.1) is 19.7 Å². The van der Waals surface area contributed by atoms with Gasteiger partial charge in [0.05, 0.1) is 0 Å². The van der Waals surface area contributed by atoms with Gasteiger partial charge in [0.15, 0.2) is 0 Å². The molecule has 1 aromatic heterocycles. The first-order chi connectivity index (χ1) is 9.92. The number of hydrogen-bond acceptors (Lipinski definition) is 4. The van der Waals surface area contributed by atoms with Gasteiger partial charge in [-0.2, -0.15) is 0 Å². The highest BCUT2D eigenvalue weighted by Gasteiger charge is 2.13. The lowest BCUT2D eigenvalue weighted by Crippen LogP contribution is -2.08. The summed E-state index contributed by atoms with van der Waals surface area (Å²) in [5.74, 6) is 2.18. The highest BCUT2D eigenvalue weighted by molar-refractivity contribution is 5.66. The van der Waals surface area contributed by atoms with Crippen LogP contribution in [0.25, 0.3) is 0 Å². The molecule has 5 heteroatoms. The fraction of sp³-hybridized carbons (Fsp3) is 0.375. The molecule has 1 aromatic carbocycles. The van der Waals surface area contributed by atoms with E-state index in [4.69, 9.17) is 0 Å². The molecule has 21 heavy (non-hydrogen) atoms. The van der Waals surface area contributed by atoms with Gasteiger partial charge >= 0.3 is 0 Å². The zero-order valence-electron chi connectivity index (χ0n) is 13.1. The van der Waals surface area contributed by atoms with E-state index < -0.39 is 0 Å². The lowest BCUT2D eigenvalue weighted by Gasteiger charge is -2.16. The molecule has 112 valence electrons. The van der Waals surface area contributed by atoms with E-state index in [0.29, 0.717) is 11.5 Å². The molecule has 0 aliphatic rings. The first-order valence-electron chi connectivity index (χ1n) is 7.01. The third-order valence-electron chi connectivity index (χ3n) is 3.37. The summed E-state index contributed by atoms with van der Waals surface area (Å²) in [5.41, 5.74) is 2.59. The molecule has 0 amide bonds. The zero-order chi connectivity index (χ0) is 15.6. The Hall–Kier alpha value is -2.17. The third-order valence-corrected chi connectivity index (χ3v) is 3.37. The molecule has 2 rings (SSSR count). The Kier molecular flexibility index (Phi) is 4.40. The molecule has 2 aromatic rings. The Balaban J connectivity index is 2.47. The standard InChI is InChI=1S/C16H21FN4/c1-9(2)14-20-15(18-5)11(4)16(21-14)19-13-8-12(17)7-6-10(13)3/h6-9H,1-5H3,(H2,18,19,20,21). The maximum absolute atomic E-state index is 13.4. The van der Waals surface area contributed by atoms with Gasteiger partial charge in [0.25, 0.3) is 0 Å². The molecule has 0 aliphatic heterocycles. The Bertz CT molecular complexity index is 653. The molecular formula is C16H21FN4. The Morgan fingerprint density at radius 1 is 1.10 bits per heavy atom. The predicted molar refractivity (Wildman–Crippen MR) is 84.8 cm³/mol. The number of aryl methyl sites for hydroxylation is 1. The minimum atomic E-state index is -0.271. The molecule has 0 bridgehead atoms. The smallest absolute Gasteiger partial charge is 0.139 e. The fourth-order valence-corrected chi connectivity index (χ4v) is 2.01. The van der Waals surface area contributed by atoms with E-state index in [1.807, 2.05) is 34.7 Å². The van der Waals surface area contributed by atoms with Crippen LogP contribution < -0.4 is 10.6 Å². The van der Waals surface area contributed by atoms with Gasteiger partial charge in [-0.3, -0.25) is 0 Å². The van der Waals surface area contributed by atoms with E-state index >= 15 is 0 Å². The van der Waals surface area contributed by atoms with Gasteiger partial charge in [-0.15, -0.1) is 0 Å². The van der Waals surface area contributed by atoms with Crippen molar-refractivity contribution in [2.75, 3.05) is 17.7 Å². The fourth-order valence-electron chi connectivity index (χ4n) is 2.01. The molecule has 4 nitrogen and oxygen atoms in total. The zero-order valence-corrected chi connectivity index (χ0v) is 13.1. The number of benzene rings is 1. The molecule has 0 aliphatic carbocycles. The van der Waals surface area contributed by atoms with E-state index in [2.05, 4.69) is 20.6 Å². The molecule has 0 spiro atoms. The maximum atomic E-state index is 13.4. The summed E-state index contributed by atoms with van der Waals surface area (Å²) < 4.78 is 13.4. The SMILES string of the molecule is CNc1nc(C(C)C)nc(Nc2cc(F)ccc2C)c1C. The first kappa shape index (κ1) is 15.2. The van der Waals surface area contributed by atoms with Gasteiger partial charge in [0.2, 0.25) is 0 Å². The van der Waals surface area contributed by atoms with Crippen LogP contribution in [-0.4, -0.2) is 17.0 Å². The summed E-state index contributed by atoms with van der Waals surface area (Å²) in [6.45, 7) is 7.95. The van der Waals surface area contributed by atoms with Crippen LogP contribution in [0.15, 0.2) is 18.2 Å². The van der Waals surface area contributed by atoms with Gasteiger partial charge < -0.3 is 10.6 Å². The molecule has 2 N–H and O–H groups in total. The van der Waals surface area contributed by atoms with Crippen LogP contribution >= 0.6 is 0 Å². The number of hydrogen-bond donors (Lipinski definition) is 2. The highest BCUT2D eigenvalue weighted by Crippen LogP contribution is 2.27. The predicted octanol–water partition coefficient (Wildman–Crippen LogP) is 4.14. The number of anilines is 3. The minimum absolute atomic E-state index is 0.215. The van der Waals surface area contributed by atoms with Crippen molar-refractivity contribution >= 4 is 17.3 Å². The van der Waals surface area contributed by atoms with Crippen LogP contribution in [0.3, 0.4) is 0 Å². The molecule has 1 heterocycles. The second-order valence-electron chi connectivity index (χ2n) is 5.39. The van der Waals surface area contributed by atoms with Crippen molar-refractivity contribution in [1.82, 2.24) is 9.97 Å². The van der Waals surface area contributed by atoms with Gasteiger partial charge in [-0.1, -0.05) is 19.9 Å². The number of rotatable bonds is 4. The van der Waals surface area contributed by atoms with Crippen molar-refractivity contribution in [3.63, 3.8) is 0 Å². The van der Waals surface area contributed by atoms with E-state index in [-0.39, 0.29) is 11.7 Å². The summed E-state index contributed by atoms with van der Waals surface area (Å²) >= 11 is 0. The monoisotopic (exact) mass is 288 g/mol. The second kappa shape index (κ2) is 6.08. The lowest BCUT2D eigenvalue weighted by atomic mass is 10.1. The average Bonchev–Trinajstić information content (AvgIpc) is 2.44. The normalized spacial score (nSPS) is 10.8. The van der Waals surface area contributed by atoms with E-state index in [1.165, 1.54) is 12.1 Å². The number of nitrogens with one attached hydrogen (secondary N) is 2. The van der Waals surface area contributed by atoms with Crippen molar-refractivity contribution in [2.24, 2.45) is 0 Å². The Labute approximate surface area is 124 Å². The van der Waals surface area contributed by atoms with Crippen molar-refractivity contribution in [3.05, 3.63) is 41.0 Å². The topological polar surface area (TPSA) is 49.8 Å². The van der Waals surface area contributed by atoms with Crippen molar-refractivity contribution in [2.45, 2.75) is 33.6 Å². The summed E-state index contributed by atoms with van der Waals surface area (Å²) in [5, 5.41) is 6.30. The first-order valence-corrected chi connectivity index (χ1v) is 7.01. The van der Waals surface area contributed by atoms with Gasteiger partial charge in [0, 0.05) is 24.2 Å². The Morgan fingerprint density at radius 3 is 2.38 bits per heavy atom. The number of nitrogens with zero attached hydrogens (tertiary/aromatic N) is 2. The van der Waals surface area contributed by atoms with E-state index in [1.54, 1.807) is 6.07 Å². The molecule has 0 saturated carbocycles. The Morgan fingerprint density at radius 2 is 1.76 bits per heavy atom. The molecular weight excluding hydrogens is 267 g/mol. The van der Waals surface area contributed by atoms with Crippen molar-refractivity contribution in [1.29, 1.82) is 0 Å². The van der Waals surface area contributed by atoms with Crippen LogP contribution in [0.4, 0.5) is 21.7 Å². The van der Waals surface area contributed by atoms with Crippen LogP contribution in [-0.2, 0) is 0 Å². The molecule has 0 saturated heterocycles. The molecule has 0 radical (unpaired) electrons. The third kappa shape index (κ3) is 3.29. The van der Waals surface area contributed by atoms with Gasteiger partial charge in [-0.05, 0) is 31.5 Å². The van der Waals surface area contributed by atoms with E-state index in [9.17, 15) is 4.39 Å². The summed E-state index contributed by atoms with van der Waals surface area (Å²) in [6.07, 6.45) is 0. The van der Waals surface area contributed by atoms with Crippen molar-refractivity contribution in [3.8, 4) is 0 Å². The molecule has 0 unspecified atom stereocenters. The highest BCUT2D eigenvalue weighted by atomic mass is 19.1. The van der Waals surface area contributed by atoms with Crippen LogP contribution in [0.5, 0.6) is 0 Å². The number of halogens is 1. The lowest BCUT2D eigenvalue weighted by molar-refractivity contribution is 0.628. The largest absolute Gasteiger partial charge is 0.373 e. The quantitative estimate of drug-likeness (QED) is 0.887. The number of aromatic nitrogens is 2. The van der Waals surface area contributed by atoms with Gasteiger partial charge in [-0.25, -0.2) is 14.4 Å². The van der Waals surface area contributed by atoms with Crippen LogP contribution in [0.2, 0.25) is 0 Å². The van der Waals surface area contributed by atoms with Crippen LogP contribution in [0.1, 0.15) is 36.7 Å². The average molecular weight is 288 g/mol. The van der Waals surface area contributed by atoms with Gasteiger partial charge in [0.1, 0.15) is 23.3 Å². The summed E-state index contributed by atoms with van der Waals surface area (Å²) in [6, 6.07) is 4.67. The molecule has 0 atom stereocenters. The minimum Gasteiger partial charge on any atom is -0.373 e. The summed E-state index contributed by atoms with van der Waals surface area (Å²) in [4.78, 5) is 9.06. The summed E-state index contributed by atoms with van der Waals surface area (Å²) in [7, 11) is 1.83. The van der Waals surface area contributed by atoms with Crippen molar-refractivity contribution < 1.29 is 4.39 Å². The molecule has 0 fully saturated rings.